The van der Waals surface area contributed by atoms with E-state index in [1.165, 1.54) is 18.2 Å². The Balaban J connectivity index is 2.68. The predicted octanol–water partition coefficient (Wildman–Crippen LogP) is 3.03. The van der Waals surface area contributed by atoms with Crippen molar-refractivity contribution < 1.29 is 18.7 Å². The fraction of sp³-hybridized carbons (Fsp3) is 0.529. The molecule has 1 rings (SSSR count). The zero-order chi connectivity index (χ0) is 18.3. The maximum Gasteiger partial charge on any atom is 0.407 e. The van der Waals surface area contributed by atoms with E-state index in [4.69, 9.17) is 20.5 Å². The number of hydrogen-bond donors (Lipinski definition) is 2. The van der Waals surface area contributed by atoms with Crippen molar-refractivity contribution >= 4 is 6.09 Å². The SMILES string of the molecule is C[C@@H](CNC(=O)OC(C)(C)C)Oc1ccc(F)cc1[C@H](N)CC#N. The molecule has 3 N–H and O–H groups in total. The normalized spacial score (nSPS) is 13.5. The van der Waals surface area contributed by atoms with Crippen LogP contribution in [0, 0.1) is 17.1 Å². The molecule has 1 amide bonds. The van der Waals surface area contributed by atoms with Crippen LogP contribution in [0.25, 0.3) is 0 Å². The number of hydrogen-bond acceptors (Lipinski definition) is 5. The number of benzene rings is 1. The number of carbonyl (C=O) groups is 1. The maximum absolute atomic E-state index is 13.4. The molecule has 1 aromatic carbocycles. The lowest BCUT2D eigenvalue weighted by Crippen LogP contribution is -2.37. The second kappa shape index (κ2) is 8.50. The third-order valence-corrected chi connectivity index (χ3v) is 2.94. The Hall–Kier alpha value is -2.33. The molecule has 0 aromatic heterocycles. The van der Waals surface area contributed by atoms with Crippen LogP contribution >= 0.6 is 0 Å². The van der Waals surface area contributed by atoms with Gasteiger partial charge in [-0.25, -0.2) is 9.18 Å². The van der Waals surface area contributed by atoms with Crippen LogP contribution in [-0.4, -0.2) is 24.3 Å². The highest BCUT2D eigenvalue weighted by Gasteiger charge is 2.18. The van der Waals surface area contributed by atoms with Gasteiger partial charge in [-0.1, -0.05) is 0 Å². The van der Waals surface area contributed by atoms with E-state index >= 15 is 0 Å². The van der Waals surface area contributed by atoms with Gasteiger partial charge < -0.3 is 20.5 Å². The van der Waals surface area contributed by atoms with E-state index in [0.717, 1.165) is 0 Å². The molecular formula is C17H24FN3O3. The van der Waals surface area contributed by atoms with Crippen molar-refractivity contribution in [2.24, 2.45) is 5.73 Å². The van der Waals surface area contributed by atoms with Gasteiger partial charge in [0.15, 0.2) is 0 Å². The van der Waals surface area contributed by atoms with Crippen molar-refractivity contribution in [3.8, 4) is 11.8 Å². The highest BCUT2D eigenvalue weighted by molar-refractivity contribution is 5.67. The Bertz CT molecular complexity index is 608. The number of ether oxygens (including phenoxy) is 2. The molecule has 0 saturated heterocycles. The Labute approximate surface area is 141 Å². The highest BCUT2D eigenvalue weighted by Crippen LogP contribution is 2.27. The summed E-state index contributed by atoms with van der Waals surface area (Å²) in [5, 5.41) is 11.4. The molecule has 24 heavy (non-hydrogen) atoms. The number of nitriles is 1. The lowest BCUT2D eigenvalue weighted by Gasteiger charge is -2.22. The second-order valence-corrected chi connectivity index (χ2v) is 6.46. The highest BCUT2D eigenvalue weighted by atomic mass is 19.1. The zero-order valence-electron chi connectivity index (χ0n) is 14.4. The first kappa shape index (κ1) is 19.7. The third-order valence-electron chi connectivity index (χ3n) is 2.94. The van der Waals surface area contributed by atoms with Crippen LogP contribution in [-0.2, 0) is 4.74 Å². The number of halogens is 1. The number of nitrogens with zero attached hydrogens (tertiary/aromatic N) is 1. The predicted molar refractivity (Wildman–Crippen MR) is 87.9 cm³/mol. The number of alkyl carbamates (subject to hydrolysis) is 1. The van der Waals surface area contributed by atoms with Crippen molar-refractivity contribution in [3.63, 3.8) is 0 Å². The topological polar surface area (TPSA) is 97.4 Å². The summed E-state index contributed by atoms with van der Waals surface area (Å²) in [5.41, 5.74) is 5.72. The minimum absolute atomic E-state index is 0.0460. The average Bonchev–Trinajstić information content (AvgIpc) is 2.45. The standard InChI is InChI=1S/C17H24FN3O3/c1-11(10-21-16(22)24-17(2,3)4)23-15-6-5-12(18)9-13(15)14(20)7-8-19/h5-6,9,11,14H,7,10,20H2,1-4H3,(H,21,22)/t11-,14+/m0/s1. The molecule has 132 valence electrons. The summed E-state index contributed by atoms with van der Waals surface area (Å²) in [7, 11) is 0. The third kappa shape index (κ3) is 6.84. The lowest BCUT2D eigenvalue weighted by molar-refractivity contribution is 0.0504. The number of nitrogens with one attached hydrogen (secondary N) is 1. The number of rotatable bonds is 6. The molecule has 0 bridgehead atoms. The van der Waals surface area contributed by atoms with Crippen LogP contribution in [0.4, 0.5) is 9.18 Å². The molecule has 0 aliphatic carbocycles. The largest absolute Gasteiger partial charge is 0.489 e. The molecule has 0 fully saturated rings. The molecular weight excluding hydrogens is 313 g/mol. The molecule has 0 unspecified atom stereocenters. The van der Waals surface area contributed by atoms with Crippen molar-refractivity contribution in [1.82, 2.24) is 5.32 Å². The molecule has 0 aliphatic heterocycles. The molecule has 0 radical (unpaired) electrons. The first-order valence-corrected chi connectivity index (χ1v) is 7.68. The van der Waals surface area contributed by atoms with Gasteiger partial charge in [0.05, 0.1) is 19.0 Å². The van der Waals surface area contributed by atoms with Crippen molar-refractivity contribution in [3.05, 3.63) is 29.6 Å². The minimum atomic E-state index is -0.647. The van der Waals surface area contributed by atoms with Gasteiger partial charge in [0.2, 0.25) is 0 Å². The van der Waals surface area contributed by atoms with Crippen molar-refractivity contribution in [1.29, 1.82) is 5.26 Å². The zero-order valence-corrected chi connectivity index (χ0v) is 14.4. The first-order valence-electron chi connectivity index (χ1n) is 7.68. The smallest absolute Gasteiger partial charge is 0.407 e. The van der Waals surface area contributed by atoms with Crippen LogP contribution in [0.1, 0.15) is 45.7 Å². The van der Waals surface area contributed by atoms with E-state index in [0.29, 0.717) is 11.3 Å². The van der Waals surface area contributed by atoms with Gasteiger partial charge in [0.25, 0.3) is 0 Å². The summed E-state index contributed by atoms with van der Waals surface area (Å²) in [6.07, 6.45) is -0.890. The Kier molecular flexibility index (Phi) is 6.98. The van der Waals surface area contributed by atoms with Gasteiger partial charge in [0, 0.05) is 11.6 Å². The van der Waals surface area contributed by atoms with E-state index in [-0.39, 0.29) is 13.0 Å². The van der Waals surface area contributed by atoms with Crippen molar-refractivity contribution in [2.75, 3.05) is 6.54 Å². The van der Waals surface area contributed by atoms with Gasteiger partial charge in [-0.05, 0) is 45.9 Å². The molecule has 0 saturated carbocycles. The van der Waals surface area contributed by atoms with Crippen LogP contribution in [0.5, 0.6) is 5.75 Å². The quantitative estimate of drug-likeness (QED) is 0.831. The van der Waals surface area contributed by atoms with E-state index in [2.05, 4.69) is 5.32 Å². The summed E-state index contributed by atoms with van der Waals surface area (Å²) in [6.45, 7) is 7.27. The van der Waals surface area contributed by atoms with Gasteiger partial charge in [-0.15, -0.1) is 0 Å². The monoisotopic (exact) mass is 337 g/mol. The van der Waals surface area contributed by atoms with Crippen LogP contribution in [0.3, 0.4) is 0 Å². The number of nitrogens with two attached hydrogens (primary N) is 1. The average molecular weight is 337 g/mol. The Morgan fingerprint density at radius 2 is 2.12 bits per heavy atom. The van der Waals surface area contributed by atoms with Gasteiger partial charge >= 0.3 is 6.09 Å². The van der Waals surface area contributed by atoms with Crippen LogP contribution < -0.4 is 15.8 Å². The van der Waals surface area contributed by atoms with Gasteiger partial charge in [-0.3, -0.25) is 0 Å². The molecule has 0 aliphatic rings. The second-order valence-electron chi connectivity index (χ2n) is 6.46. The molecule has 2 atom stereocenters. The first-order chi connectivity index (χ1) is 11.1. The summed E-state index contributed by atoms with van der Waals surface area (Å²) in [4.78, 5) is 11.6. The van der Waals surface area contributed by atoms with Crippen molar-refractivity contribution in [2.45, 2.75) is 51.9 Å². The fourth-order valence-corrected chi connectivity index (χ4v) is 1.92. The Morgan fingerprint density at radius 3 is 2.71 bits per heavy atom. The Morgan fingerprint density at radius 1 is 1.46 bits per heavy atom. The number of amides is 1. The van der Waals surface area contributed by atoms with E-state index in [1.54, 1.807) is 27.7 Å². The lowest BCUT2D eigenvalue weighted by atomic mass is 10.0. The van der Waals surface area contributed by atoms with Gasteiger partial charge in [-0.2, -0.15) is 5.26 Å². The molecule has 6 nitrogen and oxygen atoms in total. The summed E-state index contributed by atoms with van der Waals surface area (Å²) in [5.74, 6) is -0.0667. The molecule has 1 aromatic rings. The fourth-order valence-electron chi connectivity index (χ4n) is 1.92. The van der Waals surface area contributed by atoms with E-state index in [9.17, 15) is 9.18 Å². The minimum Gasteiger partial charge on any atom is -0.489 e. The van der Waals surface area contributed by atoms with Crippen LogP contribution in [0.15, 0.2) is 18.2 Å². The summed E-state index contributed by atoms with van der Waals surface area (Å²) in [6, 6.07) is 5.28. The van der Waals surface area contributed by atoms with E-state index < -0.39 is 29.7 Å². The maximum atomic E-state index is 13.4. The number of carbonyl (C=O) groups excluding carboxylic acids is 1. The van der Waals surface area contributed by atoms with E-state index in [1.807, 2.05) is 6.07 Å². The molecule has 0 spiro atoms. The molecule has 7 heteroatoms. The molecule has 0 heterocycles. The van der Waals surface area contributed by atoms with Gasteiger partial charge in [0.1, 0.15) is 23.3 Å². The van der Waals surface area contributed by atoms with Crippen LogP contribution in [0.2, 0.25) is 0 Å². The summed E-state index contributed by atoms with van der Waals surface area (Å²) >= 11 is 0. The summed E-state index contributed by atoms with van der Waals surface area (Å²) < 4.78 is 24.3.